The SMILES string of the molecule is CCOC(=O)C1=C(C)Nc2nc(SCc3ccc(F)cc3)nn2C1c1ccc(Br)cc1. The van der Waals surface area contributed by atoms with Gasteiger partial charge in [-0.2, -0.15) is 4.98 Å². The van der Waals surface area contributed by atoms with Gasteiger partial charge in [0, 0.05) is 15.9 Å². The van der Waals surface area contributed by atoms with Crippen molar-refractivity contribution in [1.82, 2.24) is 14.8 Å². The predicted octanol–water partition coefficient (Wildman–Crippen LogP) is 5.32. The topological polar surface area (TPSA) is 69.0 Å². The van der Waals surface area contributed by atoms with Crippen molar-refractivity contribution in [3.63, 3.8) is 0 Å². The van der Waals surface area contributed by atoms with E-state index in [0.29, 0.717) is 28.1 Å². The molecule has 2 aromatic carbocycles. The fraction of sp³-hybridized carbons (Fsp3) is 0.227. The van der Waals surface area contributed by atoms with E-state index in [-0.39, 0.29) is 18.4 Å². The maximum absolute atomic E-state index is 13.1. The third kappa shape index (κ3) is 4.67. The Kier molecular flexibility index (Phi) is 6.43. The molecule has 31 heavy (non-hydrogen) atoms. The van der Waals surface area contributed by atoms with Crippen LogP contribution in [-0.2, 0) is 15.3 Å². The summed E-state index contributed by atoms with van der Waals surface area (Å²) in [5, 5.41) is 8.41. The van der Waals surface area contributed by atoms with E-state index in [4.69, 9.17) is 4.74 Å². The molecule has 1 aromatic heterocycles. The molecular weight excluding hydrogens is 483 g/mol. The molecule has 0 saturated heterocycles. The molecule has 1 N–H and O–H groups in total. The van der Waals surface area contributed by atoms with E-state index in [1.54, 1.807) is 23.7 Å². The van der Waals surface area contributed by atoms with E-state index < -0.39 is 6.04 Å². The summed E-state index contributed by atoms with van der Waals surface area (Å²) in [6.07, 6.45) is 0. The number of hydrogen-bond acceptors (Lipinski definition) is 6. The van der Waals surface area contributed by atoms with Gasteiger partial charge in [-0.15, -0.1) is 5.10 Å². The zero-order chi connectivity index (χ0) is 22.0. The molecule has 9 heteroatoms. The average Bonchev–Trinajstić information content (AvgIpc) is 3.15. The summed E-state index contributed by atoms with van der Waals surface area (Å²) in [6.45, 7) is 3.90. The number of ether oxygens (including phenoxy) is 1. The first-order valence-corrected chi connectivity index (χ1v) is 11.5. The number of carbonyl (C=O) groups is 1. The summed E-state index contributed by atoms with van der Waals surface area (Å²) in [4.78, 5) is 17.4. The average molecular weight is 503 g/mol. The molecule has 1 aliphatic heterocycles. The van der Waals surface area contributed by atoms with Crippen molar-refractivity contribution in [1.29, 1.82) is 0 Å². The molecule has 0 bridgehead atoms. The number of anilines is 1. The predicted molar refractivity (Wildman–Crippen MR) is 121 cm³/mol. The zero-order valence-electron chi connectivity index (χ0n) is 16.9. The maximum atomic E-state index is 13.1. The minimum absolute atomic E-state index is 0.265. The summed E-state index contributed by atoms with van der Waals surface area (Å²) in [7, 11) is 0. The number of thioether (sulfide) groups is 1. The van der Waals surface area contributed by atoms with E-state index in [2.05, 4.69) is 31.3 Å². The lowest BCUT2D eigenvalue weighted by molar-refractivity contribution is -0.139. The number of allylic oxidation sites excluding steroid dienone is 1. The molecule has 160 valence electrons. The second-order valence-electron chi connectivity index (χ2n) is 6.92. The monoisotopic (exact) mass is 502 g/mol. The summed E-state index contributed by atoms with van der Waals surface area (Å²) in [5.74, 6) is 0.505. The van der Waals surface area contributed by atoms with Gasteiger partial charge in [0.15, 0.2) is 0 Å². The summed E-state index contributed by atoms with van der Waals surface area (Å²) >= 11 is 4.90. The van der Waals surface area contributed by atoms with Gasteiger partial charge in [-0.05, 0) is 49.2 Å². The number of rotatable bonds is 6. The molecule has 0 radical (unpaired) electrons. The number of carbonyl (C=O) groups excluding carboxylic acids is 1. The summed E-state index contributed by atoms with van der Waals surface area (Å²) in [6, 6.07) is 13.6. The largest absolute Gasteiger partial charge is 0.463 e. The molecule has 2 heterocycles. The summed E-state index contributed by atoms with van der Waals surface area (Å²) in [5.41, 5.74) is 3.05. The highest BCUT2D eigenvalue weighted by molar-refractivity contribution is 9.10. The van der Waals surface area contributed by atoms with Crippen molar-refractivity contribution in [2.45, 2.75) is 30.8 Å². The molecule has 6 nitrogen and oxygen atoms in total. The Hall–Kier alpha value is -2.65. The smallest absolute Gasteiger partial charge is 0.338 e. The number of esters is 1. The van der Waals surface area contributed by atoms with E-state index >= 15 is 0 Å². The van der Waals surface area contributed by atoms with Crippen LogP contribution < -0.4 is 5.32 Å². The first-order valence-electron chi connectivity index (χ1n) is 9.70. The number of nitrogens with zero attached hydrogens (tertiary/aromatic N) is 3. The molecule has 0 saturated carbocycles. The van der Waals surface area contributed by atoms with Crippen LogP contribution >= 0.6 is 27.7 Å². The highest BCUT2D eigenvalue weighted by Crippen LogP contribution is 2.37. The van der Waals surface area contributed by atoms with E-state index in [1.165, 1.54) is 23.9 Å². The van der Waals surface area contributed by atoms with Crippen molar-refractivity contribution < 1.29 is 13.9 Å². The van der Waals surface area contributed by atoms with Gasteiger partial charge in [0.25, 0.3) is 0 Å². The lowest BCUT2D eigenvalue weighted by atomic mass is 9.96. The zero-order valence-corrected chi connectivity index (χ0v) is 19.3. The third-order valence-corrected chi connectivity index (χ3v) is 6.23. The van der Waals surface area contributed by atoms with Gasteiger partial charge in [0.05, 0.1) is 12.2 Å². The van der Waals surface area contributed by atoms with Gasteiger partial charge in [0.2, 0.25) is 11.1 Å². The number of fused-ring (bicyclic) bond motifs is 1. The lowest BCUT2D eigenvalue weighted by Crippen LogP contribution is -2.29. The molecule has 1 aliphatic rings. The Labute approximate surface area is 192 Å². The first-order chi connectivity index (χ1) is 15.0. The molecule has 1 unspecified atom stereocenters. The number of halogens is 2. The third-order valence-electron chi connectivity index (χ3n) is 4.80. The van der Waals surface area contributed by atoms with Crippen LogP contribution in [0.4, 0.5) is 10.3 Å². The van der Waals surface area contributed by atoms with Crippen LogP contribution in [0.15, 0.2) is 69.4 Å². The minimum atomic E-state index is -0.462. The van der Waals surface area contributed by atoms with Gasteiger partial charge in [0.1, 0.15) is 11.9 Å². The highest BCUT2D eigenvalue weighted by atomic mass is 79.9. The fourth-order valence-electron chi connectivity index (χ4n) is 3.35. The molecule has 0 aliphatic carbocycles. The van der Waals surface area contributed by atoms with Crippen LogP contribution in [0.1, 0.15) is 31.0 Å². The molecule has 0 fully saturated rings. The van der Waals surface area contributed by atoms with Crippen LogP contribution in [0.2, 0.25) is 0 Å². The standard InChI is InChI=1S/C22H20BrFN4O2S/c1-3-30-20(29)18-13(2)25-21-26-22(31-12-14-4-10-17(24)11-5-14)27-28(21)19(18)15-6-8-16(23)9-7-15/h4-11,19H,3,12H2,1-2H3,(H,25,26,27). The number of benzene rings is 2. The second kappa shape index (κ2) is 9.23. The van der Waals surface area contributed by atoms with Crippen LogP contribution in [-0.4, -0.2) is 27.3 Å². The van der Waals surface area contributed by atoms with Crippen molar-refractivity contribution >= 4 is 39.6 Å². The normalized spacial score (nSPS) is 15.4. The minimum Gasteiger partial charge on any atom is -0.463 e. The van der Waals surface area contributed by atoms with E-state index in [9.17, 15) is 9.18 Å². The quantitative estimate of drug-likeness (QED) is 0.363. The number of nitrogens with one attached hydrogen (secondary N) is 1. The van der Waals surface area contributed by atoms with E-state index in [0.717, 1.165) is 15.6 Å². The molecule has 0 spiro atoms. The molecular formula is C22H20BrFN4O2S. The van der Waals surface area contributed by atoms with Crippen LogP contribution in [0.3, 0.4) is 0 Å². The first kappa shape index (κ1) is 21.6. The Balaban J connectivity index is 1.67. The molecule has 0 amide bonds. The highest BCUT2D eigenvalue weighted by Gasteiger charge is 2.35. The van der Waals surface area contributed by atoms with Crippen molar-refractivity contribution in [3.05, 3.63) is 81.2 Å². The summed E-state index contributed by atoms with van der Waals surface area (Å²) < 4.78 is 21.1. The van der Waals surface area contributed by atoms with Gasteiger partial charge in [-0.1, -0.05) is 52.0 Å². The molecule has 3 aromatic rings. The van der Waals surface area contributed by atoms with Gasteiger partial charge >= 0.3 is 5.97 Å². The second-order valence-corrected chi connectivity index (χ2v) is 8.77. The van der Waals surface area contributed by atoms with E-state index in [1.807, 2.05) is 31.2 Å². The van der Waals surface area contributed by atoms with Crippen molar-refractivity contribution in [2.24, 2.45) is 0 Å². The molecule has 4 rings (SSSR count). The van der Waals surface area contributed by atoms with Gasteiger partial charge < -0.3 is 10.1 Å². The fourth-order valence-corrected chi connectivity index (χ4v) is 4.40. The Morgan fingerprint density at radius 2 is 1.94 bits per heavy atom. The Morgan fingerprint density at radius 3 is 2.61 bits per heavy atom. The van der Waals surface area contributed by atoms with Crippen LogP contribution in [0, 0.1) is 5.82 Å². The van der Waals surface area contributed by atoms with Crippen LogP contribution in [0.25, 0.3) is 0 Å². The van der Waals surface area contributed by atoms with Crippen molar-refractivity contribution in [2.75, 3.05) is 11.9 Å². The van der Waals surface area contributed by atoms with Gasteiger partial charge in [-0.25, -0.2) is 13.9 Å². The number of hydrogen-bond donors (Lipinski definition) is 1. The number of aromatic nitrogens is 3. The Bertz CT molecular complexity index is 1130. The Morgan fingerprint density at radius 1 is 1.23 bits per heavy atom. The van der Waals surface area contributed by atoms with Crippen molar-refractivity contribution in [3.8, 4) is 0 Å². The van der Waals surface area contributed by atoms with Gasteiger partial charge in [-0.3, -0.25) is 0 Å². The maximum Gasteiger partial charge on any atom is 0.338 e. The molecule has 1 atom stereocenters. The lowest BCUT2D eigenvalue weighted by Gasteiger charge is -2.28. The van der Waals surface area contributed by atoms with Crippen LogP contribution in [0.5, 0.6) is 0 Å².